The quantitative estimate of drug-likeness (QED) is 0.821. The van der Waals surface area contributed by atoms with E-state index >= 15 is 0 Å². The van der Waals surface area contributed by atoms with Gasteiger partial charge in [0.25, 0.3) is 0 Å². The molecule has 1 N–H and O–H groups in total. The maximum Gasteiger partial charge on any atom is 0.349 e. The topological polar surface area (TPSA) is 55.8 Å². The molecule has 0 fully saturated rings. The zero-order chi connectivity index (χ0) is 13.2. The predicted molar refractivity (Wildman–Crippen MR) is 64.3 cm³/mol. The second-order valence-corrected chi connectivity index (χ2v) is 4.51. The fraction of sp³-hybridized carbons (Fsp3) is 0.462. The SMILES string of the molecule is COC(=O)C(C)(C)Oc1c(C)cc(O)cc1C. The second-order valence-electron chi connectivity index (χ2n) is 4.51. The molecule has 17 heavy (non-hydrogen) atoms. The van der Waals surface area contributed by atoms with E-state index in [1.54, 1.807) is 26.0 Å². The summed E-state index contributed by atoms with van der Waals surface area (Å²) in [6.07, 6.45) is 0. The molecule has 0 atom stereocenters. The first-order chi connectivity index (χ1) is 7.77. The second kappa shape index (κ2) is 4.65. The molecular weight excluding hydrogens is 220 g/mol. The summed E-state index contributed by atoms with van der Waals surface area (Å²) in [7, 11) is 1.32. The summed E-state index contributed by atoms with van der Waals surface area (Å²) in [6.45, 7) is 6.92. The standard InChI is InChI=1S/C13H18O4/c1-8-6-10(14)7-9(2)11(8)17-13(3,4)12(15)16-5/h6-7,14H,1-5H3. The summed E-state index contributed by atoms with van der Waals surface area (Å²) in [5.74, 6) is 0.339. The van der Waals surface area contributed by atoms with Crippen molar-refractivity contribution in [1.82, 2.24) is 0 Å². The van der Waals surface area contributed by atoms with Crippen LogP contribution in [-0.2, 0) is 9.53 Å². The van der Waals surface area contributed by atoms with Crippen LogP contribution in [0.3, 0.4) is 0 Å². The Morgan fingerprint density at radius 3 is 2.12 bits per heavy atom. The molecule has 0 amide bonds. The predicted octanol–water partition coefficient (Wildman–Crippen LogP) is 2.34. The molecule has 4 nitrogen and oxygen atoms in total. The number of phenols is 1. The van der Waals surface area contributed by atoms with Crippen LogP contribution in [0.5, 0.6) is 11.5 Å². The molecule has 4 heteroatoms. The molecule has 0 heterocycles. The molecule has 0 saturated carbocycles. The molecule has 1 aromatic carbocycles. The van der Waals surface area contributed by atoms with Crippen molar-refractivity contribution in [3.05, 3.63) is 23.3 Å². The number of aryl methyl sites for hydroxylation is 2. The van der Waals surface area contributed by atoms with E-state index in [2.05, 4.69) is 4.74 Å². The van der Waals surface area contributed by atoms with Crippen molar-refractivity contribution >= 4 is 5.97 Å². The van der Waals surface area contributed by atoms with Gasteiger partial charge >= 0.3 is 5.97 Å². The minimum absolute atomic E-state index is 0.184. The maximum absolute atomic E-state index is 11.5. The van der Waals surface area contributed by atoms with Gasteiger partial charge in [-0.05, 0) is 51.0 Å². The van der Waals surface area contributed by atoms with Gasteiger partial charge < -0.3 is 14.6 Å². The van der Waals surface area contributed by atoms with Crippen molar-refractivity contribution in [3.63, 3.8) is 0 Å². The van der Waals surface area contributed by atoms with E-state index in [0.717, 1.165) is 11.1 Å². The Morgan fingerprint density at radius 1 is 1.24 bits per heavy atom. The molecule has 0 aromatic heterocycles. The minimum Gasteiger partial charge on any atom is -0.508 e. The average Bonchev–Trinajstić information content (AvgIpc) is 2.22. The van der Waals surface area contributed by atoms with Crippen LogP contribution >= 0.6 is 0 Å². The third kappa shape index (κ3) is 2.90. The van der Waals surface area contributed by atoms with Crippen LogP contribution in [0.4, 0.5) is 0 Å². The molecular formula is C13H18O4. The van der Waals surface area contributed by atoms with Gasteiger partial charge in [0.1, 0.15) is 11.5 Å². The number of ether oxygens (including phenoxy) is 2. The molecule has 1 aromatic rings. The van der Waals surface area contributed by atoms with E-state index in [0.29, 0.717) is 5.75 Å². The van der Waals surface area contributed by atoms with Crippen molar-refractivity contribution in [2.45, 2.75) is 33.3 Å². The van der Waals surface area contributed by atoms with Crippen LogP contribution in [0.1, 0.15) is 25.0 Å². The molecule has 0 bridgehead atoms. The summed E-state index contributed by atoms with van der Waals surface area (Å²) in [4.78, 5) is 11.5. The Labute approximate surface area is 101 Å². The Morgan fingerprint density at radius 2 is 1.71 bits per heavy atom. The van der Waals surface area contributed by atoms with Gasteiger partial charge in [-0.2, -0.15) is 0 Å². The van der Waals surface area contributed by atoms with Crippen LogP contribution in [-0.4, -0.2) is 23.8 Å². The number of aromatic hydroxyl groups is 1. The van der Waals surface area contributed by atoms with Gasteiger partial charge in [0.2, 0.25) is 0 Å². The normalized spacial score (nSPS) is 11.1. The summed E-state index contributed by atoms with van der Waals surface area (Å²) < 4.78 is 10.4. The smallest absolute Gasteiger partial charge is 0.349 e. The number of hydrogen-bond donors (Lipinski definition) is 1. The molecule has 0 aliphatic rings. The lowest BCUT2D eigenvalue weighted by Gasteiger charge is -2.25. The number of rotatable bonds is 3. The number of benzene rings is 1. The summed E-state index contributed by atoms with van der Waals surface area (Å²) >= 11 is 0. The highest BCUT2D eigenvalue weighted by atomic mass is 16.6. The van der Waals surface area contributed by atoms with Gasteiger partial charge in [-0.15, -0.1) is 0 Å². The van der Waals surface area contributed by atoms with Crippen LogP contribution < -0.4 is 4.74 Å². The Kier molecular flexibility index (Phi) is 3.66. The third-order valence-electron chi connectivity index (χ3n) is 2.48. The lowest BCUT2D eigenvalue weighted by molar-refractivity contribution is -0.156. The number of methoxy groups -OCH3 is 1. The first-order valence-electron chi connectivity index (χ1n) is 5.35. The lowest BCUT2D eigenvalue weighted by atomic mass is 10.1. The molecule has 1 rings (SSSR count). The van der Waals surface area contributed by atoms with Gasteiger partial charge in [-0.25, -0.2) is 4.79 Å². The number of hydrogen-bond acceptors (Lipinski definition) is 4. The van der Waals surface area contributed by atoms with Gasteiger partial charge in [-0.1, -0.05) is 0 Å². The highest BCUT2D eigenvalue weighted by Gasteiger charge is 2.32. The van der Waals surface area contributed by atoms with Crippen LogP contribution in [0.2, 0.25) is 0 Å². The zero-order valence-electron chi connectivity index (χ0n) is 10.8. The first-order valence-corrected chi connectivity index (χ1v) is 5.35. The first kappa shape index (κ1) is 13.4. The number of phenolic OH excluding ortho intramolecular Hbond substituents is 1. The van der Waals surface area contributed by atoms with E-state index in [1.807, 2.05) is 13.8 Å². The van der Waals surface area contributed by atoms with Crippen LogP contribution in [0.25, 0.3) is 0 Å². The van der Waals surface area contributed by atoms with E-state index in [-0.39, 0.29) is 5.75 Å². The lowest BCUT2D eigenvalue weighted by Crippen LogP contribution is -2.39. The molecule has 0 aliphatic carbocycles. The Bertz CT molecular complexity index is 412. The van der Waals surface area contributed by atoms with Crippen molar-refractivity contribution < 1.29 is 19.4 Å². The van der Waals surface area contributed by atoms with Crippen LogP contribution in [0.15, 0.2) is 12.1 Å². The fourth-order valence-corrected chi connectivity index (χ4v) is 1.63. The van der Waals surface area contributed by atoms with Crippen molar-refractivity contribution in [1.29, 1.82) is 0 Å². The zero-order valence-corrected chi connectivity index (χ0v) is 10.8. The van der Waals surface area contributed by atoms with E-state index in [1.165, 1.54) is 7.11 Å². The minimum atomic E-state index is -1.05. The molecule has 94 valence electrons. The summed E-state index contributed by atoms with van der Waals surface area (Å²) in [5.41, 5.74) is 0.500. The molecule has 0 saturated heterocycles. The average molecular weight is 238 g/mol. The van der Waals surface area contributed by atoms with Crippen molar-refractivity contribution in [3.8, 4) is 11.5 Å². The van der Waals surface area contributed by atoms with Gasteiger partial charge in [-0.3, -0.25) is 0 Å². The monoisotopic (exact) mass is 238 g/mol. The maximum atomic E-state index is 11.5. The summed E-state index contributed by atoms with van der Waals surface area (Å²) in [5, 5.41) is 9.42. The number of carbonyl (C=O) groups is 1. The van der Waals surface area contributed by atoms with Crippen molar-refractivity contribution in [2.24, 2.45) is 0 Å². The molecule has 0 radical (unpaired) electrons. The van der Waals surface area contributed by atoms with E-state index in [4.69, 9.17) is 4.74 Å². The van der Waals surface area contributed by atoms with Gasteiger partial charge in [0.15, 0.2) is 5.60 Å². The van der Waals surface area contributed by atoms with Crippen LogP contribution in [0, 0.1) is 13.8 Å². The van der Waals surface area contributed by atoms with Gasteiger partial charge in [0.05, 0.1) is 7.11 Å². The third-order valence-corrected chi connectivity index (χ3v) is 2.48. The number of esters is 1. The fourth-order valence-electron chi connectivity index (χ4n) is 1.63. The van der Waals surface area contributed by atoms with E-state index < -0.39 is 11.6 Å². The van der Waals surface area contributed by atoms with E-state index in [9.17, 15) is 9.90 Å². The molecule has 0 aliphatic heterocycles. The Hall–Kier alpha value is -1.71. The largest absolute Gasteiger partial charge is 0.508 e. The molecule has 0 spiro atoms. The van der Waals surface area contributed by atoms with Gasteiger partial charge in [0, 0.05) is 0 Å². The van der Waals surface area contributed by atoms with Crippen molar-refractivity contribution in [2.75, 3.05) is 7.11 Å². The molecule has 0 unspecified atom stereocenters. The highest BCUT2D eigenvalue weighted by molar-refractivity contribution is 5.79. The number of carbonyl (C=O) groups excluding carboxylic acids is 1. The Balaban J connectivity index is 3.07. The highest BCUT2D eigenvalue weighted by Crippen LogP contribution is 2.30. The summed E-state index contributed by atoms with van der Waals surface area (Å²) in [6, 6.07) is 3.19.